The fraction of sp³-hybridized carbons (Fsp3) is 0.667. The number of hydrogen-bond acceptors (Lipinski definition) is 2. The molecule has 1 N–H and O–H groups in total. The predicted octanol–water partition coefficient (Wildman–Crippen LogP) is 3.72. The standard InChI is InChI=1S/C18H32N2/c1-6-18(3,20(4)5)17(19-7-2)15-11-14-16-12-9-8-10-13-16/h8-10,12-13,17,19H,6-7,11,14-15H2,1-5H3. The van der Waals surface area contributed by atoms with Gasteiger partial charge in [0.15, 0.2) is 0 Å². The van der Waals surface area contributed by atoms with Gasteiger partial charge in [-0.05, 0) is 58.8 Å². The van der Waals surface area contributed by atoms with Crippen LogP contribution in [0.4, 0.5) is 0 Å². The zero-order valence-electron chi connectivity index (χ0n) is 13.9. The van der Waals surface area contributed by atoms with Gasteiger partial charge in [-0.3, -0.25) is 0 Å². The molecule has 2 nitrogen and oxygen atoms in total. The van der Waals surface area contributed by atoms with Crippen molar-refractivity contribution < 1.29 is 0 Å². The summed E-state index contributed by atoms with van der Waals surface area (Å²) in [4.78, 5) is 2.38. The fourth-order valence-corrected chi connectivity index (χ4v) is 2.91. The van der Waals surface area contributed by atoms with Crippen LogP contribution in [0.3, 0.4) is 0 Å². The molecule has 2 heteroatoms. The van der Waals surface area contributed by atoms with E-state index < -0.39 is 0 Å². The number of benzene rings is 1. The maximum Gasteiger partial charge on any atom is 0.0325 e. The molecule has 0 bridgehead atoms. The van der Waals surface area contributed by atoms with Crippen LogP contribution >= 0.6 is 0 Å². The third kappa shape index (κ3) is 4.60. The lowest BCUT2D eigenvalue weighted by molar-refractivity contribution is 0.108. The lowest BCUT2D eigenvalue weighted by atomic mass is 9.84. The van der Waals surface area contributed by atoms with Crippen molar-refractivity contribution in [3.8, 4) is 0 Å². The number of hydrogen-bond donors (Lipinski definition) is 1. The molecule has 2 atom stereocenters. The second kappa shape index (κ2) is 8.43. The van der Waals surface area contributed by atoms with E-state index in [1.165, 1.54) is 31.2 Å². The van der Waals surface area contributed by atoms with Gasteiger partial charge in [-0.15, -0.1) is 0 Å². The van der Waals surface area contributed by atoms with Crippen molar-refractivity contribution in [1.29, 1.82) is 0 Å². The molecule has 114 valence electrons. The molecule has 0 saturated carbocycles. The van der Waals surface area contributed by atoms with Crippen molar-refractivity contribution in [2.24, 2.45) is 0 Å². The molecule has 0 saturated heterocycles. The summed E-state index contributed by atoms with van der Waals surface area (Å²) in [6.07, 6.45) is 4.81. The molecule has 0 aromatic heterocycles. The van der Waals surface area contributed by atoms with Crippen LogP contribution in [-0.4, -0.2) is 37.1 Å². The maximum atomic E-state index is 3.70. The van der Waals surface area contributed by atoms with E-state index in [4.69, 9.17) is 0 Å². The lowest BCUT2D eigenvalue weighted by Crippen LogP contribution is -2.56. The summed E-state index contributed by atoms with van der Waals surface area (Å²) in [6, 6.07) is 11.4. The summed E-state index contributed by atoms with van der Waals surface area (Å²) in [5, 5.41) is 3.70. The van der Waals surface area contributed by atoms with Crippen molar-refractivity contribution in [2.45, 2.75) is 58.0 Å². The molecule has 1 aromatic rings. The van der Waals surface area contributed by atoms with Crippen molar-refractivity contribution in [1.82, 2.24) is 10.2 Å². The molecule has 0 amide bonds. The Bertz CT molecular complexity index is 361. The smallest absolute Gasteiger partial charge is 0.0325 e. The van der Waals surface area contributed by atoms with Gasteiger partial charge in [0, 0.05) is 11.6 Å². The van der Waals surface area contributed by atoms with E-state index in [1.807, 2.05) is 0 Å². The summed E-state index contributed by atoms with van der Waals surface area (Å²) in [7, 11) is 4.40. The molecule has 0 spiro atoms. The molecule has 1 aromatic carbocycles. The SMILES string of the molecule is CCNC(CCCc1ccccc1)C(C)(CC)N(C)C. The molecule has 0 radical (unpaired) electrons. The Hall–Kier alpha value is -0.860. The maximum absolute atomic E-state index is 3.70. The Balaban J connectivity index is 2.58. The number of likely N-dealkylation sites (N-methyl/N-ethyl adjacent to an activating group) is 2. The minimum absolute atomic E-state index is 0.229. The Morgan fingerprint density at radius 3 is 2.30 bits per heavy atom. The van der Waals surface area contributed by atoms with Crippen LogP contribution in [0.15, 0.2) is 30.3 Å². The van der Waals surface area contributed by atoms with Gasteiger partial charge >= 0.3 is 0 Å². The van der Waals surface area contributed by atoms with Crippen LogP contribution in [0.25, 0.3) is 0 Å². The number of aryl methyl sites for hydroxylation is 1. The second-order valence-corrected chi connectivity index (χ2v) is 6.09. The number of rotatable bonds is 9. The first-order chi connectivity index (χ1) is 9.54. The van der Waals surface area contributed by atoms with Crippen LogP contribution in [0.5, 0.6) is 0 Å². The molecule has 1 rings (SSSR count). The van der Waals surface area contributed by atoms with Crippen LogP contribution in [-0.2, 0) is 6.42 Å². The van der Waals surface area contributed by atoms with Crippen LogP contribution in [0.1, 0.15) is 45.6 Å². The van der Waals surface area contributed by atoms with Gasteiger partial charge in [0.2, 0.25) is 0 Å². The van der Waals surface area contributed by atoms with Gasteiger partial charge in [0.1, 0.15) is 0 Å². The van der Waals surface area contributed by atoms with E-state index in [2.05, 4.69) is 75.4 Å². The van der Waals surface area contributed by atoms with Gasteiger partial charge in [-0.25, -0.2) is 0 Å². The molecule has 0 aliphatic heterocycles. The normalized spacial score (nSPS) is 16.1. The van der Waals surface area contributed by atoms with Crippen LogP contribution < -0.4 is 5.32 Å². The second-order valence-electron chi connectivity index (χ2n) is 6.09. The topological polar surface area (TPSA) is 15.3 Å². The Labute approximate surface area is 125 Å². The third-order valence-electron chi connectivity index (χ3n) is 4.74. The molecular weight excluding hydrogens is 244 g/mol. The summed E-state index contributed by atoms with van der Waals surface area (Å²) < 4.78 is 0. The van der Waals surface area contributed by atoms with E-state index >= 15 is 0 Å². The highest BCUT2D eigenvalue weighted by Gasteiger charge is 2.33. The summed E-state index contributed by atoms with van der Waals surface area (Å²) in [5.41, 5.74) is 1.68. The first kappa shape index (κ1) is 17.2. The molecule has 20 heavy (non-hydrogen) atoms. The average molecular weight is 276 g/mol. The highest BCUT2D eigenvalue weighted by Crippen LogP contribution is 2.24. The minimum Gasteiger partial charge on any atom is -0.312 e. The van der Waals surface area contributed by atoms with E-state index in [1.54, 1.807) is 0 Å². The van der Waals surface area contributed by atoms with E-state index in [-0.39, 0.29) is 5.54 Å². The zero-order valence-corrected chi connectivity index (χ0v) is 13.9. The Kier molecular flexibility index (Phi) is 7.25. The molecule has 0 heterocycles. The van der Waals surface area contributed by atoms with E-state index in [0.717, 1.165) is 6.54 Å². The fourth-order valence-electron chi connectivity index (χ4n) is 2.91. The van der Waals surface area contributed by atoms with Crippen molar-refractivity contribution in [3.05, 3.63) is 35.9 Å². The average Bonchev–Trinajstić information content (AvgIpc) is 2.46. The molecule has 0 aliphatic carbocycles. The molecule has 2 unspecified atom stereocenters. The molecular formula is C18H32N2. The quantitative estimate of drug-likeness (QED) is 0.739. The summed E-state index contributed by atoms with van der Waals surface area (Å²) in [6.45, 7) is 7.92. The monoisotopic (exact) mass is 276 g/mol. The van der Waals surface area contributed by atoms with Gasteiger partial charge < -0.3 is 10.2 Å². The zero-order chi connectivity index (χ0) is 15.0. The first-order valence-electron chi connectivity index (χ1n) is 7.99. The van der Waals surface area contributed by atoms with Crippen molar-refractivity contribution in [3.63, 3.8) is 0 Å². The Morgan fingerprint density at radius 2 is 1.80 bits per heavy atom. The van der Waals surface area contributed by atoms with E-state index in [9.17, 15) is 0 Å². The third-order valence-corrected chi connectivity index (χ3v) is 4.74. The predicted molar refractivity (Wildman–Crippen MR) is 89.2 cm³/mol. The van der Waals surface area contributed by atoms with Gasteiger partial charge in [-0.2, -0.15) is 0 Å². The van der Waals surface area contributed by atoms with Gasteiger partial charge in [0.25, 0.3) is 0 Å². The van der Waals surface area contributed by atoms with Crippen LogP contribution in [0, 0.1) is 0 Å². The first-order valence-corrected chi connectivity index (χ1v) is 7.99. The van der Waals surface area contributed by atoms with Gasteiger partial charge in [0.05, 0.1) is 0 Å². The summed E-state index contributed by atoms with van der Waals surface area (Å²) in [5.74, 6) is 0. The van der Waals surface area contributed by atoms with E-state index in [0.29, 0.717) is 6.04 Å². The largest absolute Gasteiger partial charge is 0.312 e. The number of nitrogens with one attached hydrogen (secondary N) is 1. The Morgan fingerprint density at radius 1 is 1.15 bits per heavy atom. The molecule has 0 fully saturated rings. The van der Waals surface area contributed by atoms with Gasteiger partial charge in [-0.1, -0.05) is 44.2 Å². The summed E-state index contributed by atoms with van der Waals surface area (Å²) >= 11 is 0. The number of nitrogens with zero attached hydrogens (tertiary/aromatic N) is 1. The van der Waals surface area contributed by atoms with Crippen molar-refractivity contribution >= 4 is 0 Å². The molecule has 0 aliphatic rings. The minimum atomic E-state index is 0.229. The highest BCUT2D eigenvalue weighted by molar-refractivity contribution is 5.14. The lowest BCUT2D eigenvalue weighted by Gasteiger charge is -2.43. The highest BCUT2D eigenvalue weighted by atomic mass is 15.2. The van der Waals surface area contributed by atoms with Crippen LogP contribution in [0.2, 0.25) is 0 Å². The van der Waals surface area contributed by atoms with Crippen molar-refractivity contribution in [2.75, 3.05) is 20.6 Å².